The molecule has 0 aliphatic heterocycles. The second-order valence-electron chi connectivity index (χ2n) is 5.84. The molecule has 2 unspecified atom stereocenters. The molecule has 1 heterocycles. The number of nitrogens with zero attached hydrogens (tertiary/aromatic N) is 1. The highest BCUT2D eigenvalue weighted by Gasteiger charge is 2.24. The van der Waals surface area contributed by atoms with Gasteiger partial charge in [-0.2, -0.15) is 0 Å². The summed E-state index contributed by atoms with van der Waals surface area (Å²) in [5, 5.41) is 0. The summed E-state index contributed by atoms with van der Waals surface area (Å²) in [7, 11) is 0. The number of aromatic amines is 1. The third kappa shape index (κ3) is 3.18. The van der Waals surface area contributed by atoms with Gasteiger partial charge in [0.1, 0.15) is 5.82 Å². The molecule has 1 saturated carbocycles. The molecule has 1 N–H and O–H groups in total. The standard InChI is InChI=1S/C14H22N2O/c1-9(2)6-12-8-13(17)16-14(15-12)11-5-4-10(3)7-11/h8-11H,4-7H2,1-3H3,(H,15,16,17). The van der Waals surface area contributed by atoms with Gasteiger partial charge in [-0.15, -0.1) is 0 Å². The van der Waals surface area contributed by atoms with Crippen molar-refractivity contribution in [2.45, 2.75) is 52.4 Å². The third-order valence-electron chi connectivity index (χ3n) is 3.51. The van der Waals surface area contributed by atoms with Crippen LogP contribution in [0.5, 0.6) is 0 Å². The molecule has 0 saturated heterocycles. The number of aromatic nitrogens is 2. The Morgan fingerprint density at radius 3 is 2.82 bits per heavy atom. The van der Waals surface area contributed by atoms with Gasteiger partial charge in [0.15, 0.2) is 0 Å². The first-order valence-electron chi connectivity index (χ1n) is 6.64. The van der Waals surface area contributed by atoms with E-state index >= 15 is 0 Å². The monoisotopic (exact) mass is 234 g/mol. The van der Waals surface area contributed by atoms with Crippen LogP contribution in [0.4, 0.5) is 0 Å². The topological polar surface area (TPSA) is 45.8 Å². The molecular formula is C14H22N2O. The van der Waals surface area contributed by atoms with E-state index in [0.29, 0.717) is 11.8 Å². The van der Waals surface area contributed by atoms with Crippen molar-refractivity contribution >= 4 is 0 Å². The van der Waals surface area contributed by atoms with Gasteiger partial charge in [0, 0.05) is 17.7 Å². The van der Waals surface area contributed by atoms with Crippen molar-refractivity contribution in [1.82, 2.24) is 9.97 Å². The number of rotatable bonds is 3. The first-order chi connectivity index (χ1) is 8.04. The van der Waals surface area contributed by atoms with Gasteiger partial charge in [0.05, 0.1) is 0 Å². The lowest BCUT2D eigenvalue weighted by atomic mass is 10.0. The van der Waals surface area contributed by atoms with Gasteiger partial charge in [0.2, 0.25) is 0 Å². The van der Waals surface area contributed by atoms with E-state index in [1.165, 1.54) is 6.42 Å². The van der Waals surface area contributed by atoms with E-state index in [9.17, 15) is 4.79 Å². The molecule has 1 aliphatic carbocycles. The van der Waals surface area contributed by atoms with E-state index in [-0.39, 0.29) is 5.56 Å². The molecule has 0 aromatic carbocycles. The normalized spacial score (nSPS) is 24.5. The van der Waals surface area contributed by atoms with Crippen molar-refractivity contribution in [2.24, 2.45) is 11.8 Å². The van der Waals surface area contributed by atoms with Crippen LogP contribution in [0.25, 0.3) is 0 Å². The predicted octanol–water partition coefficient (Wildman–Crippen LogP) is 2.87. The van der Waals surface area contributed by atoms with E-state index in [1.54, 1.807) is 6.07 Å². The Morgan fingerprint density at radius 1 is 1.47 bits per heavy atom. The van der Waals surface area contributed by atoms with Gasteiger partial charge < -0.3 is 4.98 Å². The lowest BCUT2D eigenvalue weighted by Gasteiger charge is -2.11. The average Bonchev–Trinajstić information content (AvgIpc) is 2.62. The molecule has 1 aromatic heterocycles. The van der Waals surface area contributed by atoms with Crippen molar-refractivity contribution in [1.29, 1.82) is 0 Å². The number of H-pyrrole nitrogens is 1. The Labute approximate surface area is 103 Å². The number of nitrogens with one attached hydrogen (secondary N) is 1. The Hall–Kier alpha value is -1.12. The maximum Gasteiger partial charge on any atom is 0.251 e. The van der Waals surface area contributed by atoms with Gasteiger partial charge in [-0.05, 0) is 37.5 Å². The Kier molecular flexibility index (Phi) is 3.65. The Balaban J connectivity index is 2.22. The van der Waals surface area contributed by atoms with Gasteiger partial charge >= 0.3 is 0 Å². The van der Waals surface area contributed by atoms with Crippen molar-refractivity contribution in [3.05, 3.63) is 27.9 Å². The summed E-state index contributed by atoms with van der Waals surface area (Å²) in [5.74, 6) is 2.68. The first-order valence-corrected chi connectivity index (χ1v) is 6.64. The molecular weight excluding hydrogens is 212 g/mol. The smallest absolute Gasteiger partial charge is 0.251 e. The summed E-state index contributed by atoms with van der Waals surface area (Å²) in [6, 6.07) is 1.64. The van der Waals surface area contributed by atoms with Crippen LogP contribution in [0.15, 0.2) is 10.9 Å². The minimum Gasteiger partial charge on any atom is -0.310 e. The molecule has 1 aromatic rings. The predicted molar refractivity (Wildman–Crippen MR) is 69.2 cm³/mol. The van der Waals surface area contributed by atoms with Crippen LogP contribution < -0.4 is 5.56 Å². The van der Waals surface area contributed by atoms with Crippen LogP contribution in [0.1, 0.15) is 57.5 Å². The summed E-state index contributed by atoms with van der Waals surface area (Å²) in [5.41, 5.74) is 0.948. The lowest BCUT2D eigenvalue weighted by molar-refractivity contribution is 0.576. The molecule has 0 amide bonds. The molecule has 1 aliphatic rings. The summed E-state index contributed by atoms with van der Waals surface area (Å²) in [6.45, 7) is 6.58. The van der Waals surface area contributed by atoms with E-state index in [2.05, 4.69) is 30.7 Å². The van der Waals surface area contributed by atoms with Crippen molar-refractivity contribution in [3.63, 3.8) is 0 Å². The lowest BCUT2D eigenvalue weighted by Crippen LogP contribution is -2.15. The average molecular weight is 234 g/mol. The molecule has 3 heteroatoms. The highest BCUT2D eigenvalue weighted by molar-refractivity contribution is 5.08. The van der Waals surface area contributed by atoms with Crippen LogP contribution in [0, 0.1) is 11.8 Å². The van der Waals surface area contributed by atoms with Crippen LogP contribution in [-0.4, -0.2) is 9.97 Å². The molecule has 3 nitrogen and oxygen atoms in total. The fraction of sp³-hybridized carbons (Fsp3) is 0.714. The maximum atomic E-state index is 11.6. The Bertz CT molecular complexity index is 436. The van der Waals surface area contributed by atoms with Crippen LogP contribution in [-0.2, 0) is 6.42 Å². The highest BCUT2D eigenvalue weighted by atomic mass is 16.1. The van der Waals surface area contributed by atoms with Gasteiger partial charge in [-0.3, -0.25) is 4.79 Å². The van der Waals surface area contributed by atoms with Crippen molar-refractivity contribution in [3.8, 4) is 0 Å². The molecule has 0 bridgehead atoms. The number of hydrogen-bond acceptors (Lipinski definition) is 2. The summed E-state index contributed by atoms with van der Waals surface area (Å²) < 4.78 is 0. The molecule has 2 rings (SSSR count). The van der Waals surface area contributed by atoms with E-state index in [4.69, 9.17) is 0 Å². The van der Waals surface area contributed by atoms with Crippen molar-refractivity contribution < 1.29 is 0 Å². The third-order valence-corrected chi connectivity index (χ3v) is 3.51. The summed E-state index contributed by atoms with van der Waals surface area (Å²) in [6.07, 6.45) is 4.46. The second kappa shape index (κ2) is 5.03. The maximum absolute atomic E-state index is 11.6. The van der Waals surface area contributed by atoms with Crippen LogP contribution in [0.3, 0.4) is 0 Å². The highest BCUT2D eigenvalue weighted by Crippen LogP contribution is 2.35. The zero-order valence-corrected chi connectivity index (χ0v) is 11.0. The fourth-order valence-corrected chi connectivity index (χ4v) is 2.70. The van der Waals surface area contributed by atoms with Crippen LogP contribution >= 0.6 is 0 Å². The summed E-state index contributed by atoms with van der Waals surface area (Å²) >= 11 is 0. The Morgan fingerprint density at radius 2 is 2.24 bits per heavy atom. The van der Waals surface area contributed by atoms with E-state index in [0.717, 1.165) is 36.7 Å². The molecule has 17 heavy (non-hydrogen) atoms. The zero-order valence-electron chi connectivity index (χ0n) is 11.0. The SMILES string of the molecule is CC(C)Cc1cc(=O)[nH]c(C2CCC(C)C2)n1. The van der Waals surface area contributed by atoms with Gasteiger partial charge in [-0.25, -0.2) is 4.98 Å². The fourth-order valence-electron chi connectivity index (χ4n) is 2.70. The van der Waals surface area contributed by atoms with Crippen molar-refractivity contribution in [2.75, 3.05) is 0 Å². The quantitative estimate of drug-likeness (QED) is 0.874. The van der Waals surface area contributed by atoms with Gasteiger partial charge in [0.25, 0.3) is 5.56 Å². The molecule has 2 atom stereocenters. The van der Waals surface area contributed by atoms with E-state index < -0.39 is 0 Å². The minimum absolute atomic E-state index is 0.00482. The molecule has 0 radical (unpaired) electrons. The van der Waals surface area contributed by atoms with Crippen LogP contribution in [0.2, 0.25) is 0 Å². The number of hydrogen-bond donors (Lipinski definition) is 1. The summed E-state index contributed by atoms with van der Waals surface area (Å²) in [4.78, 5) is 19.2. The largest absolute Gasteiger partial charge is 0.310 e. The second-order valence-corrected chi connectivity index (χ2v) is 5.84. The zero-order chi connectivity index (χ0) is 12.4. The van der Waals surface area contributed by atoms with Gasteiger partial charge in [-0.1, -0.05) is 20.8 Å². The first kappa shape index (κ1) is 12.3. The molecule has 94 valence electrons. The molecule has 0 spiro atoms. The van der Waals surface area contributed by atoms with E-state index in [1.807, 2.05) is 0 Å². The minimum atomic E-state index is 0.00482. The molecule has 1 fully saturated rings.